The molecular formula is C54H32N2O. The Hall–Kier alpha value is -7.62. The van der Waals surface area contributed by atoms with Crippen molar-refractivity contribution >= 4 is 75.9 Å². The summed E-state index contributed by atoms with van der Waals surface area (Å²) < 4.78 is 6.13. The summed E-state index contributed by atoms with van der Waals surface area (Å²) in [7, 11) is 0. The van der Waals surface area contributed by atoms with Gasteiger partial charge in [0.1, 0.15) is 5.52 Å². The van der Waals surface area contributed by atoms with E-state index in [1.54, 1.807) is 0 Å². The number of rotatable bonds is 4. The van der Waals surface area contributed by atoms with Crippen molar-refractivity contribution in [1.82, 2.24) is 9.97 Å². The molecule has 0 saturated heterocycles. The van der Waals surface area contributed by atoms with Crippen LogP contribution in [0, 0.1) is 0 Å². The Morgan fingerprint density at radius 2 is 0.772 bits per heavy atom. The maximum Gasteiger partial charge on any atom is 0.227 e. The van der Waals surface area contributed by atoms with E-state index in [-0.39, 0.29) is 0 Å². The molecule has 12 aromatic rings. The maximum atomic E-state index is 6.13. The zero-order chi connectivity index (χ0) is 37.5. The van der Waals surface area contributed by atoms with Crippen LogP contribution in [-0.2, 0) is 0 Å². The van der Waals surface area contributed by atoms with Gasteiger partial charge in [-0.2, -0.15) is 0 Å². The van der Waals surface area contributed by atoms with Crippen molar-refractivity contribution in [2.75, 3.05) is 0 Å². The molecule has 3 nitrogen and oxygen atoms in total. The summed E-state index contributed by atoms with van der Waals surface area (Å²) in [5, 5.41) is 13.3. The summed E-state index contributed by atoms with van der Waals surface area (Å²) >= 11 is 0. The third-order valence-corrected chi connectivity index (χ3v) is 11.7. The Morgan fingerprint density at radius 3 is 1.39 bits per heavy atom. The highest BCUT2D eigenvalue weighted by Crippen LogP contribution is 2.45. The molecule has 57 heavy (non-hydrogen) atoms. The topological polar surface area (TPSA) is 38.9 Å². The van der Waals surface area contributed by atoms with Gasteiger partial charge in [-0.15, -0.1) is 0 Å². The highest BCUT2D eigenvalue weighted by molar-refractivity contribution is 6.23. The van der Waals surface area contributed by atoms with Gasteiger partial charge in [0.05, 0.1) is 11.2 Å². The van der Waals surface area contributed by atoms with Crippen LogP contribution >= 0.6 is 0 Å². The molecule has 10 aromatic carbocycles. The fraction of sp³-hybridized carbons (Fsp3) is 0. The molecule has 0 amide bonds. The molecule has 0 N–H and O–H groups in total. The van der Waals surface area contributed by atoms with Crippen LogP contribution in [0.5, 0.6) is 0 Å². The first-order valence-corrected chi connectivity index (χ1v) is 19.4. The zero-order valence-corrected chi connectivity index (χ0v) is 30.8. The normalized spacial score (nSPS) is 11.9. The number of hydrogen-bond acceptors (Lipinski definition) is 3. The molecule has 0 spiro atoms. The lowest BCUT2D eigenvalue weighted by Gasteiger charge is -2.19. The van der Waals surface area contributed by atoms with E-state index in [0.29, 0.717) is 5.89 Å². The van der Waals surface area contributed by atoms with Crippen LogP contribution in [0.4, 0.5) is 0 Å². The van der Waals surface area contributed by atoms with E-state index in [2.05, 4.69) is 170 Å². The summed E-state index contributed by atoms with van der Waals surface area (Å²) in [6, 6.07) is 69.6. The Kier molecular flexibility index (Phi) is 6.93. The van der Waals surface area contributed by atoms with Crippen molar-refractivity contribution in [3.05, 3.63) is 194 Å². The molecular weight excluding hydrogens is 693 g/mol. The van der Waals surface area contributed by atoms with Gasteiger partial charge in [-0.25, -0.2) is 9.97 Å². The van der Waals surface area contributed by atoms with Crippen LogP contribution < -0.4 is 0 Å². The first-order chi connectivity index (χ1) is 28.2. The molecule has 264 valence electrons. The van der Waals surface area contributed by atoms with Crippen molar-refractivity contribution < 1.29 is 4.42 Å². The Morgan fingerprint density at radius 1 is 0.316 bits per heavy atom. The highest BCUT2D eigenvalue weighted by Gasteiger charge is 2.20. The summed E-state index contributed by atoms with van der Waals surface area (Å²) in [6.07, 6.45) is 0. The Bertz CT molecular complexity index is 3550. The monoisotopic (exact) mass is 724 g/mol. The highest BCUT2D eigenvalue weighted by atomic mass is 16.3. The second kappa shape index (κ2) is 12.5. The lowest BCUT2D eigenvalue weighted by atomic mass is 9.86. The predicted octanol–water partition coefficient (Wildman–Crippen LogP) is 14.8. The first-order valence-electron chi connectivity index (χ1n) is 19.4. The van der Waals surface area contributed by atoms with Gasteiger partial charge in [0.2, 0.25) is 5.89 Å². The van der Waals surface area contributed by atoms with Crippen molar-refractivity contribution in [2.45, 2.75) is 0 Å². The van der Waals surface area contributed by atoms with Crippen molar-refractivity contribution in [3.8, 4) is 45.0 Å². The molecule has 3 heteroatoms. The summed E-state index contributed by atoms with van der Waals surface area (Å²) in [5.74, 6) is 0.609. The Labute approximate surface area is 328 Å². The molecule has 12 rings (SSSR count). The molecule has 0 aliphatic heterocycles. The summed E-state index contributed by atoms with van der Waals surface area (Å²) in [4.78, 5) is 10.3. The largest absolute Gasteiger partial charge is 0.436 e. The molecule has 0 aliphatic carbocycles. The minimum Gasteiger partial charge on any atom is -0.436 e. The third kappa shape index (κ3) is 4.99. The van der Waals surface area contributed by atoms with E-state index in [9.17, 15) is 0 Å². The van der Waals surface area contributed by atoms with Crippen molar-refractivity contribution in [3.63, 3.8) is 0 Å². The fourth-order valence-corrected chi connectivity index (χ4v) is 8.98. The smallest absolute Gasteiger partial charge is 0.227 e. The zero-order valence-electron chi connectivity index (χ0n) is 30.8. The van der Waals surface area contributed by atoms with E-state index in [1.807, 2.05) is 24.3 Å². The van der Waals surface area contributed by atoms with Crippen molar-refractivity contribution in [1.29, 1.82) is 0 Å². The van der Waals surface area contributed by atoms with E-state index in [4.69, 9.17) is 14.4 Å². The number of oxazole rings is 1. The number of fused-ring (bicyclic) bond motifs is 10. The van der Waals surface area contributed by atoms with Gasteiger partial charge in [0, 0.05) is 21.9 Å². The van der Waals surface area contributed by atoms with E-state index in [0.717, 1.165) is 49.8 Å². The number of para-hydroxylation sites is 2. The van der Waals surface area contributed by atoms with Crippen LogP contribution in [0.2, 0.25) is 0 Å². The maximum absolute atomic E-state index is 6.13. The Balaban J connectivity index is 1.17. The number of pyridine rings is 1. The lowest BCUT2D eigenvalue weighted by Crippen LogP contribution is -1.95. The van der Waals surface area contributed by atoms with Gasteiger partial charge in [-0.05, 0) is 119 Å². The molecule has 0 radical (unpaired) electrons. The molecule has 2 heterocycles. The summed E-state index contributed by atoms with van der Waals surface area (Å²) in [5.41, 5.74) is 10.2. The molecule has 0 fully saturated rings. The lowest BCUT2D eigenvalue weighted by molar-refractivity contribution is 0.620. The average Bonchev–Trinajstić information content (AvgIpc) is 3.73. The third-order valence-electron chi connectivity index (χ3n) is 11.7. The van der Waals surface area contributed by atoms with Gasteiger partial charge in [-0.3, -0.25) is 0 Å². The molecule has 0 saturated carbocycles. The molecule has 0 atom stereocenters. The summed E-state index contributed by atoms with van der Waals surface area (Å²) in [6.45, 7) is 0. The van der Waals surface area contributed by atoms with Crippen molar-refractivity contribution in [2.24, 2.45) is 0 Å². The van der Waals surface area contributed by atoms with Gasteiger partial charge in [0.15, 0.2) is 5.58 Å². The number of nitrogens with zero attached hydrogens (tertiary/aromatic N) is 2. The SMILES string of the molecule is c1ccc2c(c1)cc(-c1cc3c(-c4cc5ccccc5c5ccccc45)cc(-c4ccc(-c5nc6ccccc6o5)cc4)nc3c3ccccc13)c1ccccc12. The molecule has 0 bridgehead atoms. The van der Waals surface area contributed by atoms with Gasteiger partial charge in [0.25, 0.3) is 0 Å². The van der Waals surface area contributed by atoms with E-state index in [1.165, 1.54) is 65.2 Å². The predicted molar refractivity (Wildman–Crippen MR) is 239 cm³/mol. The quantitative estimate of drug-likeness (QED) is 0.170. The first kappa shape index (κ1) is 31.7. The average molecular weight is 725 g/mol. The second-order valence-electron chi connectivity index (χ2n) is 14.9. The van der Waals surface area contributed by atoms with Crippen LogP contribution in [0.25, 0.3) is 121 Å². The van der Waals surface area contributed by atoms with Crippen LogP contribution in [-0.4, -0.2) is 9.97 Å². The minimum absolute atomic E-state index is 0.609. The molecule has 0 aliphatic rings. The number of aromatic nitrogens is 2. The second-order valence-corrected chi connectivity index (χ2v) is 14.9. The van der Waals surface area contributed by atoms with E-state index >= 15 is 0 Å². The van der Waals surface area contributed by atoms with Crippen LogP contribution in [0.1, 0.15) is 0 Å². The van der Waals surface area contributed by atoms with E-state index < -0.39 is 0 Å². The minimum atomic E-state index is 0.609. The van der Waals surface area contributed by atoms with Gasteiger partial charge < -0.3 is 4.42 Å². The molecule has 0 unspecified atom stereocenters. The van der Waals surface area contributed by atoms with Crippen LogP contribution in [0.3, 0.4) is 0 Å². The van der Waals surface area contributed by atoms with Gasteiger partial charge >= 0.3 is 0 Å². The number of hydrogen-bond donors (Lipinski definition) is 0. The fourth-order valence-electron chi connectivity index (χ4n) is 8.98. The number of benzene rings is 10. The van der Waals surface area contributed by atoms with Crippen LogP contribution in [0.15, 0.2) is 199 Å². The molecule has 2 aromatic heterocycles. The van der Waals surface area contributed by atoms with Gasteiger partial charge in [-0.1, -0.05) is 146 Å². The standard InChI is InChI=1S/C54H32N2O/c1-3-15-37-35(13-1)29-45(41-19-7-5-17-39(37)41)47-31-49-48(46-30-36-14-2-4-16-38(36)40-18-6-8-20-42(40)46)32-51(55-53(49)44-22-10-9-21-43(44)47)33-25-27-34(28-26-33)54-56-50-23-11-12-24-52(50)57-54/h1-32H.